The van der Waals surface area contributed by atoms with E-state index in [4.69, 9.17) is 9.47 Å². The van der Waals surface area contributed by atoms with Crippen molar-refractivity contribution in [3.05, 3.63) is 0 Å². The minimum absolute atomic E-state index is 0.0259. The minimum Gasteiger partial charge on any atom is -0.466 e. The molecule has 1 aliphatic rings. The first-order chi connectivity index (χ1) is 9.54. The standard InChI is InChI=1S/C13H22N2O5/c1-3-20-12(17)5-4-11(16)14-10(2)13(18)15-6-8-19-9-7-15/h10H,3-9H2,1-2H3,(H,14,16). The molecule has 1 unspecified atom stereocenters. The molecule has 1 atom stereocenters. The van der Waals surface area contributed by atoms with Crippen LogP contribution in [0.3, 0.4) is 0 Å². The Morgan fingerprint density at radius 1 is 1.25 bits per heavy atom. The van der Waals surface area contributed by atoms with Gasteiger partial charge in [0.25, 0.3) is 0 Å². The zero-order chi connectivity index (χ0) is 15.0. The Morgan fingerprint density at radius 3 is 2.50 bits per heavy atom. The van der Waals surface area contributed by atoms with Gasteiger partial charge in [0.2, 0.25) is 11.8 Å². The van der Waals surface area contributed by atoms with Crippen molar-refractivity contribution in [2.75, 3.05) is 32.9 Å². The maximum absolute atomic E-state index is 12.0. The van der Waals surface area contributed by atoms with E-state index in [0.717, 1.165) is 0 Å². The maximum atomic E-state index is 12.0. The number of esters is 1. The molecule has 1 rings (SSSR count). The second kappa shape index (κ2) is 8.52. The third-order valence-corrected chi connectivity index (χ3v) is 2.93. The number of carbonyl (C=O) groups excluding carboxylic acids is 3. The summed E-state index contributed by atoms with van der Waals surface area (Å²) < 4.78 is 9.90. The molecule has 2 amide bonds. The van der Waals surface area contributed by atoms with Crippen molar-refractivity contribution in [3.63, 3.8) is 0 Å². The third kappa shape index (κ3) is 5.56. The number of hydrogen-bond donors (Lipinski definition) is 1. The zero-order valence-electron chi connectivity index (χ0n) is 12.0. The largest absolute Gasteiger partial charge is 0.466 e. The van der Waals surface area contributed by atoms with Crippen LogP contribution in [0.4, 0.5) is 0 Å². The number of hydrogen-bond acceptors (Lipinski definition) is 5. The quantitative estimate of drug-likeness (QED) is 0.677. The van der Waals surface area contributed by atoms with Crippen LogP contribution in [0.5, 0.6) is 0 Å². The number of rotatable bonds is 6. The monoisotopic (exact) mass is 286 g/mol. The van der Waals surface area contributed by atoms with Crippen molar-refractivity contribution in [1.29, 1.82) is 0 Å². The van der Waals surface area contributed by atoms with Gasteiger partial charge in [0, 0.05) is 19.5 Å². The Hall–Kier alpha value is -1.63. The zero-order valence-corrected chi connectivity index (χ0v) is 12.0. The van der Waals surface area contributed by atoms with Crippen LogP contribution in [0.25, 0.3) is 0 Å². The van der Waals surface area contributed by atoms with E-state index in [1.807, 2.05) is 0 Å². The third-order valence-electron chi connectivity index (χ3n) is 2.93. The van der Waals surface area contributed by atoms with Crippen LogP contribution >= 0.6 is 0 Å². The molecule has 0 bridgehead atoms. The maximum Gasteiger partial charge on any atom is 0.306 e. The van der Waals surface area contributed by atoms with Crippen LogP contribution in [-0.4, -0.2) is 61.6 Å². The van der Waals surface area contributed by atoms with Gasteiger partial charge in [-0.1, -0.05) is 0 Å². The van der Waals surface area contributed by atoms with Crippen molar-refractivity contribution >= 4 is 17.8 Å². The first kappa shape index (κ1) is 16.4. The van der Waals surface area contributed by atoms with Crippen molar-refractivity contribution in [2.24, 2.45) is 0 Å². The van der Waals surface area contributed by atoms with Crippen molar-refractivity contribution in [3.8, 4) is 0 Å². The first-order valence-corrected chi connectivity index (χ1v) is 6.86. The highest BCUT2D eigenvalue weighted by Crippen LogP contribution is 2.01. The van der Waals surface area contributed by atoms with Crippen LogP contribution in [0, 0.1) is 0 Å². The number of morpholine rings is 1. The molecule has 0 spiro atoms. The first-order valence-electron chi connectivity index (χ1n) is 6.86. The molecule has 1 aliphatic heterocycles. The predicted molar refractivity (Wildman–Crippen MR) is 70.9 cm³/mol. The molecule has 1 heterocycles. The number of ether oxygens (including phenoxy) is 2. The molecule has 1 saturated heterocycles. The SMILES string of the molecule is CCOC(=O)CCC(=O)NC(C)C(=O)N1CCOCC1. The summed E-state index contributed by atoms with van der Waals surface area (Å²) in [7, 11) is 0. The molecular weight excluding hydrogens is 264 g/mol. The van der Waals surface area contributed by atoms with Crippen molar-refractivity contribution in [2.45, 2.75) is 32.7 Å². The highest BCUT2D eigenvalue weighted by atomic mass is 16.5. The fourth-order valence-corrected chi connectivity index (χ4v) is 1.88. The second-order valence-corrected chi connectivity index (χ2v) is 4.53. The number of nitrogens with one attached hydrogen (secondary N) is 1. The van der Waals surface area contributed by atoms with Gasteiger partial charge in [-0.25, -0.2) is 0 Å². The van der Waals surface area contributed by atoms with E-state index in [-0.39, 0.29) is 24.7 Å². The summed E-state index contributed by atoms with van der Waals surface area (Å²) in [6.45, 7) is 5.78. The van der Waals surface area contributed by atoms with Crippen LogP contribution in [0.15, 0.2) is 0 Å². The van der Waals surface area contributed by atoms with Crippen LogP contribution < -0.4 is 5.32 Å². The van der Waals surface area contributed by atoms with E-state index in [0.29, 0.717) is 32.9 Å². The Bertz CT molecular complexity index is 353. The molecular formula is C13H22N2O5. The van der Waals surface area contributed by atoms with Crippen molar-refractivity contribution < 1.29 is 23.9 Å². The lowest BCUT2D eigenvalue weighted by Crippen LogP contribution is -2.50. The lowest BCUT2D eigenvalue weighted by molar-refractivity contribution is -0.144. The number of nitrogens with zero attached hydrogens (tertiary/aromatic N) is 1. The van der Waals surface area contributed by atoms with E-state index in [2.05, 4.69) is 5.32 Å². The molecule has 20 heavy (non-hydrogen) atoms. The molecule has 0 aliphatic carbocycles. The molecule has 0 saturated carbocycles. The summed E-state index contributed by atoms with van der Waals surface area (Å²) in [5.74, 6) is -0.861. The van der Waals surface area contributed by atoms with Gasteiger partial charge in [-0.05, 0) is 13.8 Å². The van der Waals surface area contributed by atoms with E-state index in [1.54, 1.807) is 18.7 Å². The van der Waals surface area contributed by atoms with Gasteiger partial charge < -0.3 is 19.7 Å². The van der Waals surface area contributed by atoms with Gasteiger partial charge in [-0.3, -0.25) is 14.4 Å². The van der Waals surface area contributed by atoms with E-state index < -0.39 is 12.0 Å². The lowest BCUT2D eigenvalue weighted by Gasteiger charge is -2.29. The number of amides is 2. The average molecular weight is 286 g/mol. The molecule has 0 radical (unpaired) electrons. The van der Waals surface area contributed by atoms with Gasteiger partial charge >= 0.3 is 5.97 Å². The molecule has 1 fully saturated rings. The van der Waals surface area contributed by atoms with E-state index in [1.165, 1.54) is 0 Å². The van der Waals surface area contributed by atoms with Gasteiger partial charge in [0.05, 0.1) is 26.2 Å². The summed E-state index contributed by atoms with van der Waals surface area (Å²) in [5.41, 5.74) is 0. The molecule has 1 N–H and O–H groups in total. The molecule has 0 aromatic carbocycles. The summed E-state index contributed by atoms with van der Waals surface area (Å²) in [6, 6.07) is -0.595. The summed E-state index contributed by atoms with van der Waals surface area (Å²) in [4.78, 5) is 36.5. The highest BCUT2D eigenvalue weighted by molar-refractivity contribution is 5.88. The Morgan fingerprint density at radius 2 is 1.90 bits per heavy atom. The summed E-state index contributed by atoms with van der Waals surface area (Å²) in [6.07, 6.45) is 0.0533. The van der Waals surface area contributed by atoms with Crippen molar-refractivity contribution in [1.82, 2.24) is 10.2 Å². The normalized spacial score (nSPS) is 16.4. The van der Waals surface area contributed by atoms with Crippen LogP contribution in [-0.2, 0) is 23.9 Å². The van der Waals surface area contributed by atoms with Crippen LogP contribution in [0.1, 0.15) is 26.7 Å². The number of carbonyl (C=O) groups is 3. The fraction of sp³-hybridized carbons (Fsp3) is 0.769. The Balaban J connectivity index is 2.29. The van der Waals surface area contributed by atoms with Crippen LogP contribution in [0.2, 0.25) is 0 Å². The minimum atomic E-state index is -0.595. The molecule has 0 aromatic rings. The Kier molecular flexibility index (Phi) is 7.00. The van der Waals surface area contributed by atoms with Gasteiger partial charge in [-0.15, -0.1) is 0 Å². The molecule has 114 valence electrons. The smallest absolute Gasteiger partial charge is 0.306 e. The topological polar surface area (TPSA) is 84.9 Å². The lowest BCUT2D eigenvalue weighted by atomic mass is 10.2. The van der Waals surface area contributed by atoms with Gasteiger partial charge in [0.1, 0.15) is 6.04 Å². The van der Waals surface area contributed by atoms with Gasteiger partial charge in [-0.2, -0.15) is 0 Å². The van der Waals surface area contributed by atoms with E-state index >= 15 is 0 Å². The second-order valence-electron chi connectivity index (χ2n) is 4.53. The summed E-state index contributed by atoms with van der Waals surface area (Å²) >= 11 is 0. The molecule has 0 aromatic heterocycles. The van der Waals surface area contributed by atoms with E-state index in [9.17, 15) is 14.4 Å². The molecule has 7 nitrogen and oxygen atoms in total. The Labute approximate surface area is 118 Å². The fourth-order valence-electron chi connectivity index (χ4n) is 1.88. The van der Waals surface area contributed by atoms with Gasteiger partial charge in [0.15, 0.2) is 0 Å². The summed E-state index contributed by atoms with van der Waals surface area (Å²) in [5, 5.41) is 2.60. The highest BCUT2D eigenvalue weighted by Gasteiger charge is 2.23. The average Bonchev–Trinajstić information content (AvgIpc) is 2.45. The molecule has 7 heteroatoms. The predicted octanol–water partition coefficient (Wildman–Crippen LogP) is -0.307.